The fraction of sp³-hybridized carbons (Fsp3) is 0.429. The molecule has 0 saturated heterocycles. The van der Waals surface area contributed by atoms with Gasteiger partial charge in [-0.3, -0.25) is 0 Å². The summed E-state index contributed by atoms with van der Waals surface area (Å²) in [6.07, 6.45) is 8.34. The minimum absolute atomic E-state index is 0.0826. The Kier molecular flexibility index (Phi) is 3.39. The molecule has 1 aromatic carbocycles. The highest BCUT2D eigenvalue weighted by Gasteiger charge is 2.29. The first-order valence-corrected chi connectivity index (χ1v) is 5.81. The summed E-state index contributed by atoms with van der Waals surface area (Å²) >= 11 is 0. The quantitative estimate of drug-likeness (QED) is 0.776. The number of halogens is 1. The van der Waals surface area contributed by atoms with Crippen LogP contribution >= 0.6 is 0 Å². The van der Waals surface area contributed by atoms with E-state index in [0.717, 1.165) is 31.2 Å². The number of hydrogen-bond acceptors (Lipinski definition) is 1. The van der Waals surface area contributed by atoms with E-state index in [1.165, 1.54) is 12.1 Å². The third kappa shape index (κ3) is 2.17. The first-order chi connectivity index (χ1) is 7.77. The van der Waals surface area contributed by atoms with Crippen LogP contribution in [0.25, 0.3) is 0 Å². The molecule has 1 N–H and O–H groups in total. The van der Waals surface area contributed by atoms with Crippen LogP contribution in [-0.2, 0) is 5.41 Å². The van der Waals surface area contributed by atoms with Gasteiger partial charge in [0.1, 0.15) is 5.82 Å². The lowest BCUT2D eigenvalue weighted by Gasteiger charge is -2.33. The smallest absolute Gasteiger partial charge is 0.123 e. The van der Waals surface area contributed by atoms with Crippen LogP contribution in [-0.4, -0.2) is 11.7 Å². The summed E-state index contributed by atoms with van der Waals surface area (Å²) in [5.74, 6) is -0.206. The van der Waals surface area contributed by atoms with Crippen LogP contribution in [0.5, 0.6) is 0 Å². The molecule has 0 amide bonds. The van der Waals surface area contributed by atoms with Crippen molar-refractivity contribution >= 4 is 0 Å². The number of allylic oxidation sites excluding steroid dienone is 2. The fourth-order valence-corrected chi connectivity index (χ4v) is 2.50. The predicted molar refractivity (Wildman–Crippen MR) is 62.8 cm³/mol. The van der Waals surface area contributed by atoms with Gasteiger partial charge in [-0.05, 0) is 43.4 Å². The van der Waals surface area contributed by atoms with E-state index in [1.54, 1.807) is 0 Å². The lowest BCUT2D eigenvalue weighted by Crippen LogP contribution is -2.26. The molecular weight excluding hydrogens is 203 g/mol. The van der Waals surface area contributed by atoms with Gasteiger partial charge in [0.25, 0.3) is 0 Å². The molecule has 0 aromatic heterocycles. The van der Waals surface area contributed by atoms with Crippen LogP contribution in [0.3, 0.4) is 0 Å². The fourth-order valence-electron chi connectivity index (χ4n) is 2.50. The van der Waals surface area contributed by atoms with Crippen LogP contribution in [0.4, 0.5) is 4.39 Å². The summed E-state index contributed by atoms with van der Waals surface area (Å²) in [7, 11) is 0. The molecular formula is C14H17FO. The molecule has 0 aliphatic heterocycles. The molecule has 0 spiro atoms. The van der Waals surface area contributed by atoms with Gasteiger partial charge in [0.05, 0.1) is 0 Å². The number of benzene rings is 1. The Hall–Kier alpha value is -1.15. The van der Waals surface area contributed by atoms with Crippen LogP contribution in [0.15, 0.2) is 36.4 Å². The van der Waals surface area contributed by atoms with E-state index in [4.69, 9.17) is 0 Å². The average molecular weight is 220 g/mol. The number of rotatable bonds is 3. The summed E-state index contributed by atoms with van der Waals surface area (Å²) in [4.78, 5) is 0. The third-order valence-electron chi connectivity index (χ3n) is 3.41. The zero-order valence-electron chi connectivity index (χ0n) is 9.32. The second-order valence-corrected chi connectivity index (χ2v) is 4.43. The molecule has 1 unspecified atom stereocenters. The maximum absolute atomic E-state index is 12.9. The van der Waals surface area contributed by atoms with E-state index in [-0.39, 0.29) is 17.8 Å². The van der Waals surface area contributed by atoms with Crippen LogP contribution < -0.4 is 0 Å². The number of hydrogen-bond donors (Lipinski definition) is 1. The van der Waals surface area contributed by atoms with Gasteiger partial charge in [-0.2, -0.15) is 0 Å². The highest BCUT2D eigenvalue weighted by Crippen LogP contribution is 2.37. The summed E-state index contributed by atoms with van der Waals surface area (Å²) in [6.45, 7) is 0.168. The molecule has 1 aromatic rings. The molecule has 2 heteroatoms. The van der Waals surface area contributed by atoms with Crippen molar-refractivity contribution in [3.05, 3.63) is 47.8 Å². The molecule has 1 aliphatic carbocycles. The van der Waals surface area contributed by atoms with Crippen molar-refractivity contribution in [2.24, 2.45) is 0 Å². The normalized spacial score (nSPS) is 24.6. The largest absolute Gasteiger partial charge is 0.396 e. The Morgan fingerprint density at radius 3 is 2.56 bits per heavy atom. The van der Waals surface area contributed by atoms with E-state index in [0.29, 0.717) is 0 Å². The minimum atomic E-state index is -0.206. The van der Waals surface area contributed by atoms with E-state index in [1.807, 2.05) is 12.1 Å². The highest BCUT2D eigenvalue weighted by atomic mass is 19.1. The molecule has 16 heavy (non-hydrogen) atoms. The Morgan fingerprint density at radius 2 is 2.00 bits per heavy atom. The van der Waals surface area contributed by atoms with Gasteiger partial charge >= 0.3 is 0 Å². The van der Waals surface area contributed by atoms with Gasteiger partial charge in [0.2, 0.25) is 0 Å². The van der Waals surface area contributed by atoms with Crippen molar-refractivity contribution in [3.8, 4) is 0 Å². The van der Waals surface area contributed by atoms with Crippen LogP contribution in [0.1, 0.15) is 31.2 Å². The van der Waals surface area contributed by atoms with Crippen LogP contribution in [0, 0.1) is 5.82 Å². The lowest BCUT2D eigenvalue weighted by atomic mass is 9.71. The topological polar surface area (TPSA) is 20.2 Å². The average Bonchev–Trinajstić information content (AvgIpc) is 2.31. The molecule has 0 fully saturated rings. The predicted octanol–water partition coefficient (Wildman–Crippen LogP) is 3.19. The zero-order chi connectivity index (χ0) is 11.4. The molecule has 1 aliphatic rings. The molecule has 1 atom stereocenters. The van der Waals surface area contributed by atoms with Gasteiger partial charge in [0, 0.05) is 12.0 Å². The maximum Gasteiger partial charge on any atom is 0.123 e. The van der Waals surface area contributed by atoms with Crippen molar-refractivity contribution in [3.63, 3.8) is 0 Å². The monoisotopic (exact) mass is 220 g/mol. The first-order valence-electron chi connectivity index (χ1n) is 5.81. The third-order valence-corrected chi connectivity index (χ3v) is 3.41. The summed E-state index contributed by atoms with van der Waals surface area (Å²) in [6, 6.07) is 6.66. The minimum Gasteiger partial charge on any atom is -0.396 e. The van der Waals surface area contributed by atoms with E-state index >= 15 is 0 Å². The van der Waals surface area contributed by atoms with Crippen molar-refractivity contribution < 1.29 is 9.50 Å². The Balaban J connectivity index is 2.34. The van der Waals surface area contributed by atoms with Gasteiger partial charge in [-0.1, -0.05) is 24.3 Å². The molecule has 0 radical (unpaired) electrons. The second kappa shape index (κ2) is 4.79. The second-order valence-electron chi connectivity index (χ2n) is 4.43. The number of aliphatic hydroxyl groups excluding tert-OH is 1. The summed E-state index contributed by atoms with van der Waals surface area (Å²) < 4.78 is 12.9. The van der Waals surface area contributed by atoms with Gasteiger partial charge in [0.15, 0.2) is 0 Å². The van der Waals surface area contributed by atoms with Crippen molar-refractivity contribution in [1.29, 1.82) is 0 Å². The maximum atomic E-state index is 12.9. The van der Waals surface area contributed by atoms with Gasteiger partial charge in [-0.15, -0.1) is 0 Å². The molecule has 86 valence electrons. The van der Waals surface area contributed by atoms with E-state index in [9.17, 15) is 9.50 Å². The Morgan fingerprint density at radius 1 is 1.25 bits per heavy atom. The Bertz CT molecular complexity index is 369. The van der Waals surface area contributed by atoms with Crippen molar-refractivity contribution in [2.45, 2.75) is 31.1 Å². The highest BCUT2D eigenvalue weighted by molar-refractivity contribution is 5.32. The number of aliphatic hydroxyl groups is 1. The standard InChI is InChI=1S/C14H17FO/c15-13-6-4-12(5-7-13)14(10-11-16)8-2-1-3-9-14/h2,4-8,16H,1,3,9-11H2. The zero-order valence-corrected chi connectivity index (χ0v) is 9.32. The van der Waals surface area contributed by atoms with Crippen molar-refractivity contribution in [1.82, 2.24) is 0 Å². The first kappa shape index (κ1) is 11.3. The lowest BCUT2D eigenvalue weighted by molar-refractivity contribution is 0.246. The van der Waals surface area contributed by atoms with E-state index < -0.39 is 0 Å². The Labute approximate surface area is 95.6 Å². The molecule has 2 rings (SSSR count). The summed E-state index contributed by atoms with van der Waals surface area (Å²) in [5, 5.41) is 9.19. The van der Waals surface area contributed by atoms with E-state index in [2.05, 4.69) is 12.2 Å². The van der Waals surface area contributed by atoms with Crippen LogP contribution in [0.2, 0.25) is 0 Å². The molecule has 1 nitrogen and oxygen atoms in total. The summed E-state index contributed by atoms with van der Waals surface area (Å²) in [5.41, 5.74) is 1.03. The van der Waals surface area contributed by atoms with Crippen molar-refractivity contribution in [2.75, 3.05) is 6.61 Å². The van der Waals surface area contributed by atoms with Gasteiger partial charge < -0.3 is 5.11 Å². The molecule has 0 saturated carbocycles. The SMILES string of the molecule is OCCC1(c2ccc(F)cc2)C=CCCC1. The van der Waals surface area contributed by atoms with Gasteiger partial charge in [-0.25, -0.2) is 4.39 Å². The molecule has 0 heterocycles. The molecule has 0 bridgehead atoms.